The summed E-state index contributed by atoms with van der Waals surface area (Å²) in [5.74, 6) is 0. The zero-order valence-corrected chi connectivity index (χ0v) is 11.2. The molecule has 0 aliphatic heterocycles. The van der Waals surface area contributed by atoms with E-state index >= 15 is 0 Å². The van der Waals surface area contributed by atoms with Gasteiger partial charge in [0.25, 0.3) is 0 Å². The van der Waals surface area contributed by atoms with Gasteiger partial charge >= 0.3 is 20.6 Å². The maximum atomic E-state index is 10.6. The van der Waals surface area contributed by atoms with Crippen molar-refractivity contribution in [3.8, 4) is 0 Å². The van der Waals surface area contributed by atoms with Gasteiger partial charge in [-0.25, -0.2) is 0 Å². The molecule has 0 aromatic rings. The van der Waals surface area contributed by atoms with Crippen LogP contribution in [-0.4, -0.2) is 37.4 Å². The quantitative estimate of drug-likeness (QED) is 0.565. The van der Waals surface area contributed by atoms with E-state index < -0.39 is 20.6 Å². The fourth-order valence-corrected chi connectivity index (χ4v) is 2.17. The van der Waals surface area contributed by atoms with Crippen molar-refractivity contribution in [2.24, 2.45) is 8.80 Å². The second-order valence-electron chi connectivity index (χ2n) is 3.17. The summed E-state index contributed by atoms with van der Waals surface area (Å²) in [5.41, 5.74) is -0.248. The van der Waals surface area contributed by atoms with E-state index in [4.69, 9.17) is 20.7 Å². The highest BCUT2D eigenvalue weighted by molar-refractivity contribution is 7.84. The zero-order valence-electron chi connectivity index (χ0n) is 8.77. The first-order chi connectivity index (χ1) is 7.98. The van der Waals surface area contributed by atoms with Crippen LogP contribution in [0.5, 0.6) is 0 Å². The third kappa shape index (κ3) is 4.66. The summed E-state index contributed by atoms with van der Waals surface area (Å²) < 4.78 is 65.2. The van der Waals surface area contributed by atoms with Gasteiger partial charge in [0.15, 0.2) is 0 Å². The van der Waals surface area contributed by atoms with E-state index in [-0.39, 0.29) is 22.0 Å². The molecule has 1 aliphatic carbocycles. The summed E-state index contributed by atoms with van der Waals surface area (Å²) in [5, 5.41) is -0.249. The molecule has 100 valence electrons. The summed E-state index contributed by atoms with van der Waals surface area (Å²) in [4.78, 5) is 0. The van der Waals surface area contributed by atoms with Gasteiger partial charge in [-0.15, -0.1) is 8.80 Å². The Hall–Kier alpha value is -1.07. The summed E-state index contributed by atoms with van der Waals surface area (Å²) >= 11 is 5.63. The van der Waals surface area contributed by atoms with Gasteiger partial charge in [0.2, 0.25) is 0 Å². The highest BCUT2D eigenvalue weighted by Crippen LogP contribution is 2.18. The van der Waals surface area contributed by atoms with Gasteiger partial charge < -0.3 is 0 Å². The second-order valence-corrected chi connectivity index (χ2v) is 5.73. The van der Waals surface area contributed by atoms with Gasteiger partial charge in [0.05, 0.1) is 16.5 Å². The predicted molar refractivity (Wildman–Crippen MR) is 65.7 cm³/mol. The Kier molecular flexibility index (Phi) is 4.08. The van der Waals surface area contributed by atoms with Crippen LogP contribution in [0.3, 0.4) is 0 Å². The van der Waals surface area contributed by atoms with Gasteiger partial charge in [-0.3, -0.25) is 9.11 Å². The molecule has 1 rings (SSSR count). The lowest BCUT2D eigenvalue weighted by Gasteiger charge is -2.09. The van der Waals surface area contributed by atoms with E-state index in [1.165, 1.54) is 6.92 Å². The lowest BCUT2D eigenvalue weighted by molar-refractivity contribution is 0.483. The number of hydrogen-bond acceptors (Lipinski definition) is 4. The molecule has 0 saturated heterocycles. The second kappa shape index (κ2) is 4.90. The number of rotatable bonds is 2. The minimum Gasteiger partial charge on any atom is -0.268 e. The minimum atomic E-state index is -4.62. The first-order valence-electron chi connectivity index (χ1n) is 4.19. The molecular formula is C7H7ClN2O6S2. The fraction of sp³-hybridized carbons (Fsp3) is 0.143. The minimum absolute atomic E-state index is 0.170. The molecule has 0 fully saturated rings. The monoisotopic (exact) mass is 314 g/mol. The van der Waals surface area contributed by atoms with Crippen LogP contribution < -0.4 is 0 Å². The highest BCUT2D eigenvalue weighted by Gasteiger charge is 2.17. The Balaban J connectivity index is 3.33. The molecule has 11 heteroatoms. The molecule has 0 saturated carbocycles. The van der Waals surface area contributed by atoms with Gasteiger partial charge in [-0.1, -0.05) is 11.6 Å². The van der Waals surface area contributed by atoms with Crippen LogP contribution in [0.15, 0.2) is 31.6 Å². The van der Waals surface area contributed by atoms with Crippen molar-refractivity contribution in [3.63, 3.8) is 0 Å². The normalized spacial score (nSPS) is 22.0. The average molecular weight is 315 g/mol. The van der Waals surface area contributed by atoms with Gasteiger partial charge in [0, 0.05) is 0 Å². The SMILES string of the molecule is CC1=CC(=NS(=O)(=O)O)C(Cl)=CC1=NS(=O)(=O)O. The standard InChI is InChI=1S/C7H7ClN2O6S2/c1-4-2-7(10-18(14,15)16)5(8)3-6(4)9-17(11,12)13/h2-3H,1H3,(H,11,12,13)(H,14,15,16). The van der Waals surface area contributed by atoms with Crippen LogP contribution >= 0.6 is 11.6 Å². The highest BCUT2D eigenvalue weighted by atomic mass is 35.5. The average Bonchev–Trinajstić information content (AvgIpc) is 2.08. The fourth-order valence-electron chi connectivity index (χ4n) is 1.07. The van der Waals surface area contributed by atoms with E-state index in [1.807, 2.05) is 0 Å². The van der Waals surface area contributed by atoms with Crippen LogP contribution in [0.2, 0.25) is 0 Å². The summed E-state index contributed by atoms with van der Waals surface area (Å²) in [6, 6.07) is 0. The van der Waals surface area contributed by atoms with Crippen LogP contribution in [0.1, 0.15) is 6.92 Å². The van der Waals surface area contributed by atoms with E-state index in [2.05, 4.69) is 8.80 Å². The smallest absolute Gasteiger partial charge is 0.268 e. The zero-order chi connectivity index (χ0) is 14.1. The number of nitrogens with zero attached hydrogens (tertiary/aromatic N) is 2. The summed E-state index contributed by atoms with van der Waals surface area (Å²) in [6.45, 7) is 1.39. The Morgan fingerprint density at radius 1 is 1.00 bits per heavy atom. The Morgan fingerprint density at radius 3 is 1.89 bits per heavy atom. The molecule has 0 aromatic heterocycles. The lowest BCUT2D eigenvalue weighted by Crippen LogP contribution is -2.12. The topological polar surface area (TPSA) is 133 Å². The molecule has 8 nitrogen and oxygen atoms in total. The van der Waals surface area contributed by atoms with Crippen molar-refractivity contribution in [2.45, 2.75) is 6.92 Å². The van der Waals surface area contributed by atoms with Crippen molar-refractivity contribution >= 4 is 43.6 Å². The largest absolute Gasteiger partial charge is 0.378 e. The van der Waals surface area contributed by atoms with Gasteiger partial charge in [-0.05, 0) is 24.6 Å². The van der Waals surface area contributed by atoms with Crippen molar-refractivity contribution < 1.29 is 25.9 Å². The molecule has 0 aromatic carbocycles. The molecule has 0 heterocycles. The molecule has 0 spiro atoms. The van der Waals surface area contributed by atoms with Crippen molar-refractivity contribution in [3.05, 3.63) is 22.8 Å². The maximum Gasteiger partial charge on any atom is 0.378 e. The molecule has 0 atom stereocenters. The Morgan fingerprint density at radius 2 is 1.44 bits per heavy atom. The van der Waals surface area contributed by atoms with Crippen LogP contribution in [0.4, 0.5) is 0 Å². The van der Waals surface area contributed by atoms with Crippen molar-refractivity contribution in [2.75, 3.05) is 0 Å². The first kappa shape index (κ1) is 15.0. The number of hydrogen-bond donors (Lipinski definition) is 2. The van der Waals surface area contributed by atoms with Gasteiger partial charge in [-0.2, -0.15) is 16.8 Å². The summed E-state index contributed by atoms with van der Waals surface area (Å²) in [6.07, 6.45) is 2.09. The van der Waals surface area contributed by atoms with Crippen molar-refractivity contribution in [1.29, 1.82) is 0 Å². The Bertz CT molecular complexity index is 636. The van der Waals surface area contributed by atoms with Crippen LogP contribution in [0.25, 0.3) is 0 Å². The Labute approximate surface area is 108 Å². The molecular weight excluding hydrogens is 308 g/mol. The molecule has 18 heavy (non-hydrogen) atoms. The van der Waals surface area contributed by atoms with E-state index in [9.17, 15) is 16.8 Å². The number of halogens is 1. The van der Waals surface area contributed by atoms with Crippen LogP contribution in [-0.2, 0) is 20.6 Å². The molecule has 1 aliphatic rings. The van der Waals surface area contributed by atoms with E-state index in [1.54, 1.807) is 0 Å². The van der Waals surface area contributed by atoms with E-state index in [0.717, 1.165) is 12.2 Å². The lowest BCUT2D eigenvalue weighted by atomic mass is 10.0. The summed E-state index contributed by atoms with van der Waals surface area (Å²) in [7, 11) is -9.22. The third-order valence-corrected chi connectivity index (χ3v) is 2.85. The van der Waals surface area contributed by atoms with E-state index in [0.29, 0.717) is 0 Å². The first-order valence-corrected chi connectivity index (χ1v) is 7.36. The molecule has 0 amide bonds. The predicted octanol–water partition coefficient (Wildman–Crippen LogP) is 0.557. The van der Waals surface area contributed by atoms with Crippen LogP contribution in [0, 0.1) is 0 Å². The molecule has 2 N–H and O–H groups in total. The van der Waals surface area contributed by atoms with Gasteiger partial charge in [0.1, 0.15) is 0 Å². The molecule has 0 unspecified atom stereocenters. The maximum absolute atomic E-state index is 10.6. The number of allylic oxidation sites excluding steroid dienone is 4. The molecule has 0 radical (unpaired) electrons. The molecule has 0 bridgehead atoms. The van der Waals surface area contributed by atoms with Crippen molar-refractivity contribution in [1.82, 2.24) is 0 Å². The third-order valence-electron chi connectivity index (χ3n) is 1.69.